The Balaban J connectivity index is 1.68. The Morgan fingerprint density at radius 2 is 1.88 bits per heavy atom. The number of carbonyl (C=O) groups excluding carboxylic acids is 2. The van der Waals surface area contributed by atoms with Gasteiger partial charge < -0.3 is 10.6 Å². The number of aromatic amines is 1. The summed E-state index contributed by atoms with van der Waals surface area (Å²) in [5.74, 6) is -0.742. The number of benzene rings is 2. The Labute approximate surface area is 185 Å². The van der Waals surface area contributed by atoms with Crippen LogP contribution in [0.4, 0.5) is 17.1 Å². The van der Waals surface area contributed by atoms with Gasteiger partial charge in [0.2, 0.25) is 11.8 Å². The molecule has 0 radical (unpaired) electrons. The van der Waals surface area contributed by atoms with E-state index in [9.17, 15) is 24.5 Å². The first-order valence-electron chi connectivity index (χ1n) is 9.40. The standard InChI is InChI=1S/C20H18N6O5S/c1-2-16(27)22-15-9-4-3-8-14(15)18-19(29)23-20(25-24-18)32-11-17(28)21-12-6-5-7-13(10-12)26(30)31/h3-10H,2,11H2,1H3,(H,21,28)(H,22,27)(H,23,25,29). The highest BCUT2D eigenvalue weighted by Gasteiger charge is 2.14. The first-order valence-corrected chi connectivity index (χ1v) is 10.4. The lowest BCUT2D eigenvalue weighted by Gasteiger charge is -2.09. The Bertz CT molecular complexity index is 1230. The molecular formula is C20H18N6O5S. The molecule has 0 saturated carbocycles. The zero-order valence-electron chi connectivity index (χ0n) is 16.8. The fraction of sp³-hybridized carbons (Fsp3) is 0.150. The van der Waals surface area contributed by atoms with Crippen molar-refractivity contribution in [2.75, 3.05) is 16.4 Å². The van der Waals surface area contributed by atoms with E-state index in [1.165, 1.54) is 24.3 Å². The Morgan fingerprint density at radius 1 is 1.09 bits per heavy atom. The van der Waals surface area contributed by atoms with Crippen LogP contribution in [-0.2, 0) is 9.59 Å². The van der Waals surface area contributed by atoms with Crippen LogP contribution in [0.25, 0.3) is 11.3 Å². The number of para-hydroxylation sites is 1. The van der Waals surface area contributed by atoms with Crippen molar-refractivity contribution in [3.05, 3.63) is 69.0 Å². The van der Waals surface area contributed by atoms with E-state index in [4.69, 9.17) is 0 Å². The van der Waals surface area contributed by atoms with Crippen LogP contribution >= 0.6 is 11.8 Å². The van der Waals surface area contributed by atoms with E-state index in [1.54, 1.807) is 31.2 Å². The molecule has 12 heteroatoms. The van der Waals surface area contributed by atoms with E-state index in [1.807, 2.05) is 0 Å². The van der Waals surface area contributed by atoms with Gasteiger partial charge in [-0.25, -0.2) is 0 Å². The molecule has 1 aromatic heterocycles. The second-order valence-corrected chi connectivity index (χ2v) is 7.36. The minimum Gasteiger partial charge on any atom is -0.325 e. The van der Waals surface area contributed by atoms with Crippen molar-refractivity contribution in [2.45, 2.75) is 18.5 Å². The van der Waals surface area contributed by atoms with Crippen LogP contribution in [-0.4, -0.2) is 37.7 Å². The van der Waals surface area contributed by atoms with Gasteiger partial charge in [0.15, 0.2) is 10.9 Å². The molecule has 0 fully saturated rings. The lowest BCUT2D eigenvalue weighted by molar-refractivity contribution is -0.384. The molecule has 3 aromatic rings. The quantitative estimate of drug-likeness (QED) is 0.266. The SMILES string of the molecule is CCC(=O)Nc1ccccc1-c1nnc(SCC(=O)Nc2cccc([N+](=O)[O-])c2)[nH]c1=O. The number of rotatable bonds is 8. The molecule has 2 aromatic carbocycles. The highest BCUT2D eigenvalue weighted by atomic mass is 32.2. The van der Waals surface area contributed by atoms with Gasteiger partial charge in [-0.2, -0.15) is 0 Å². The molecule has 2 amide bonds. The van der Waals surface area contributed by atoms with Gasteiger partial charge in [-0.3, -0.25) is 29.5 Å². The van der Waals surface area contributed by atoms with Gasteiger partial charge in [0.1, 0.15) is 0 Å². The van der Waals surface area contributed by atoms with Gasteiger partial charge in [0.25, 0.3) is 11.2 Å². The average molecular weight is 454 g/mol. The Morgan fingerprint density at radius 3 is 2.59 bits per heavy atom. The summed E-state index contributed by atoms with van der Waals surface area (Å²) in [6.07, 6.45) is 0.282. The van der Waals surface area contributed by atoms with Crippen molar-refractivity contribution in [2.24, 2.45) is 0 Å². The number of nitrogens with zero attached hydrogens (tertiary/aromatic N) is 3. The van der Waals surface area contributed by atoms with E-state index in [0.29, 0.717) is 11.3 Å². The maximum absolute atomic E-state index is 12.5. The fourth-order valence-electron chi connectivity index (χ4n) is 2.63. The number of non-ortho nitro benzene ring substituents is 1. The largest absolute Gasteiger partial charge is 0.325 e. The summed E-state index contributed by atoms with van der Waals surface area (Å²) >= 11 is 0.950. The average Bonchev–Trinajstić information content (AvgIpc) is 2.78. The van der Waals surface area contributed by atoms with Gasteiger partial charge in [-0.1, -0.05) is 43.0 Å². The van der Waals surface area contributed by atoms with Crippen LogP contribution in [0.1, 0.15) is 13.3 Å². The lowest BCUT2D eigenvalue weighted by atomic mass is 10.1. The number of anilines is 2. The van der Waals surface area contributed by atoms with Gasteiger partial charge in [-0.05, 0) is 12.1 Å². The number of hydrogen-bond acceptors (Lipinski definition) is 8. The van der Waals surface area contributed by atoms with Crippen LogP contribution in [0.15, 0.2) is 58.5 Å². The summed E-state index contributed by atoms with van der Waals surface area (Å²) < 4.78 is 0. The van der Waals surface area contributed by atoms with Gasteiger partial charge >= 0.3 is 0 Å². The van der Waals surface area contributed by atoms with Crippen molar-refractivity contribution in [1.29, 1.82) is 0 Å². The number of amides is 2. The third-order valence-electron chi connectivity index (χ3n) is 4.13. The predicted octanol–water partition coefficient (Wildman–Crippen LogP) is 2.82. The maximum Gasteiger partial charge on any atom is 0.278 e. The van der Waals surface area contributed by atoms with Crippen molar-refractivity contribution in [3.63, 3.8) is 0 Å². The number of nitro benzene ring substituents is 1. The summed E-state index contributed by atoms with van der Waals surface area (Å²) in [4.78, 5) is 49.2. The topological polar surface area (TPSA) is 160 Å². The molecule has 0 aliphatic carbocycles. The molecule has 32 heavy (non-hydrogen) atoms. The Kier molecular flexibility index (Phi) is 7.29. The van der Waals surface area contributed by atoms with Gasteiger partial charge in [-0.15, -0.1) is 10.2 Å². The van der Waals surface area contributed by atoms with E-state index in [0.717, 1.165) is 11.8 Å². The molecule has 3 N–H and O–H groups in total. The smallest absolute Gasteiger partial charge is 0.278 e. The molecule has 0 aliphatic rings. The zero-order chi connectivity index (χ0) is 23.1. The van der Waals surface area contributed by atoms with E-state index < -0.39 is 16.4 Å². The summed E-state index contributed by atoms with van der Waals surface area (Å²) in [5.41, 5.74) is 0.503. The third-order valence-corrected chi connectivity index (χ3v) is 5.00. The van der Waals surface area contributed by atoms with Crippen molar-refractivity contribution in [1.82, 2.24) is 15.2 Å². The number of aromatic nitrogens is 3. The summed E-state index contributed by atoms with van der Waals surface area (Å²) in [6, 6.07) is 12.3. The lowest BCUT2D eigenvalue weighted by Crippen LogP contribution is -2.18. The summed E-state index contributed by atoms with van der Waals surface area (Å²) in [6.45, 7) is 1.71. The predicted molar refractivity (Wildman–Crippen MR) is 119 cm³/mol. The summed E-state index contributed by atoms with van der Waals surface area (Å²) in [7, 11) is 0. The first kappa shape index (κ1) is 22.6. The molecular weight excluding hydrogens is 436 g/mol. The molecule has 0 bridgehead atoms. The number of carbonyl (C=O) groups is 2. The van der Waals surface area contributed by atoms with E-state index in [-0.39, 0.29) is 40.3 Å². The van der Waals surface area contributed by atoms with Crippen LogP contribution in [0, 0.1) is 10.1 Å². The van der Waals surface area contributed by atoms with E-state index >= 15 is 0 Å². The molecule has 0 atom stereocenters. The van der Waals surface area contributed by atoms with E-state index in [2.05, 4.69) is 25.8 Å². The Hall–Kier alpha value is -4.06. The fourth-order valence-corrected chi connectivity index (χ4v) is 3.23. The van der Waals surface area contributed by atoms with Crippen LogP contribution in [0.2, 0.25) is 0 Å². The highest BCUT2D eigenvalue weighted by molar-refractivity contribution is 7.99. The molecule has 0 aliphatic heterocycles. The number of nitrogens with one attached hydrogen (secondary N) is 3. The monoisotopic (exact) mass is 454 g/mol. The molecule has 11 nitrogen and oxygen atoms in total. The minimum atomic E-state index is -0.557. The molecule has 0 spiro atoms. The van der Waals surface area contributed by atoms with Gasteiger partial charge in [0.05, 0.1) is 16.4 Å². The maximum atomic E-state index is 12.5. The molecule has 3 rings (SSSR count). The molecule has 164 valence electrons. The number of thioether (sulfide) groups is 1. The number of H-pyrrole nitrogens is 1. The number of hydrogen-bond donors (Lipinski definition) is 3. The van der Waals surface area contributed by atoms with Gasteiger partial charge in [0, 0.05) is 29.8 Å². The molecule has 0 saturated heterocycles. The number of nitro groups is 1. The molecule has 0 unspecified atom stereocenters. The van der Waals surface area contributed by atoms with Crippen LogP contribution < -0.4 is 16.2 Å². The second-order valence-electron chi connectivity index (χ2n) is 6.40. The van der Waals surface area contributed by atoms with Crippen molar-refractivity contribution >= 4 is 40.6 Å². The third kappa shape index (κ3) is 5.76. The van der Waals surface area contributed by atoms with Crippen LogP contribution in [0.5, 0.6) is 0 Å². The molecule has 1 heterocycles. The zero-order valence-corrected chi connectivity index (χ0v) is 17.6. The van der Waals surface area contributed by atoms with Crippen molar-refractivity contribution in [3.8, 4) is 11.3 Å². The van der Waals surface area contributed by atoms with Crippen LogP contribution in [0.3, 0.4) is 0 Å². The second kappa shape index (κ2) is 10.3. The normalized spacial score (nSPS) is 10.4. The van der Waals surface area contributed by atoms with Crippen molar-refractivity contribution < 1.29 is 14.5 Å². The summed E-state index contributed by atoms with van der Waals surface area (Å²) in [5, 5.41) is 24.1. The highest BCUT2D eigenvalue weighted by Crippen LogP contribution is 2.24. The first-order chi connectivity index (χ1) is 15.4. The minimum absolute atomic E-state index is 0.0300.